The number of ether oxygens (including phenoxy) is 2. The summed E-state index contributed by atoms with van der Waals surface area (Å²) >= 11 is 0. The van der Waals surface area contributed by atoms with Crippen molar-refractivity contribution in [3.8, 4) is 22.8 Å². The molecule has 2 N–H and O–H groups in total. The number of amides is 2. The molecule has 2 atom stereocenters. The summed E-state index contributed by atoms with van der Waals surface area (Å²) in [7, 11) is 3.19. The number of nitrogens with one attached hydrogen (secondary N) is 2. The highest BCUT2D eigenvalue weighted by Gasteiger charge is 2.27. The molecule has 10 heteroatoms. The third-order valence-electron chi connectivity index (χ3n) is 6.45. The summed E-state index contributed by atoms with van der Waals surface area (Å²) < 4.78 is 18.2. The van der Waals surface area contributed by atoms with Gasteiger partial charge < -0.3 is 24.5 Å². The molecule has 37 heavy (non-hydrogen) atoms. The number of nitrogens with zero attached hydrogens (tertiary/aromatic N) is 3. The number of carbonyl (C=O) groups is 2. The smallest absolute Gasteiger partial charge is 0.272 e. The molecule has 0 bridgehead atoms. The van der Waals surface area contributed by atoms with Crippen LogP contribution in [0.15, 0.2) is 41.1 Å². The first-order valence-electron chi connectivity index (χ1n) is 12.4. The van der Waals surface area contributed by atoms with E-state index in [1.54, 1.807) is 20.3 Å². The average Bonchev–Trinajstić information content (AvgIpc) is 3.56. The molecule has 1 aromatic carbocycles. The molecule has 0 aliphatic rings. The molecule has 200 valence electrons. The van der Waals surface area contributed by atoms with Crippen LogP contribution in [0.2, 0.25) is 0 Å². The maximum absolute atomic E-state index is 13.4. The standard InChI is InChI=1S/C27H37N5O5/c1-16(2)18(5)32-21(26-22(35-6)9-8-10-23(26)36-7)13-20(31-32)27(34)30-19(17(3)4)14-24(33)29-15-25-28-11-12-37-25/h8-13,16-19H,14-15H2,1-7H3,(H,29,33)(H,30,34). The van der Waals surface area contributed by atoms with Crippen LogP contribution in [0.5, 0.6) is 11.5 Å². The minimum absolute atomic E-state index is 0.00643. The summed E-state index contributed by atoms with van der Waals surface area (Å²) in [5.74, 6) is 1.35. The van der Waals surface area contributed by atoms with Crippen LogP contribution in [0.3, 0.4) is 0 Å². The normalized spacial score (nSPS) is 12.9. The van der Waals surface area contributed by atoms with E-state index in [9.17, 15) is 9.59 Å². The van der Waals surface area contributed by atoms with Crippen molar-refractivity contribution in [3.05, 3.63) is 48.3 Å². The Labute approximate surface area is 217 Å². The van der Waals surface area contributed by atoms with Crippen molar-refractivity contribution in [1.82, 2.24) is 25.4 Å². The van der Waals surface area contributed by atoms with E-state index >= 15 is 0 Å². The van der Waals surface area contributed by atoms with Crippen LogP contribution in [-0.4, -0.2) is 46.8 Å². The molecule has 2 aromatic heterocycles. The fourth-order valence-corrected chi connectivity index (χ4v) is 3.87. The van der Waals surface area contributed by atoms with Crippen LogP contribution in [-0.2, 0) is 11.3 Å². The molecule has 0 saturated heterocycles. The molecule has 0 spiro atoms. The number of hydrogen-bond donors (Lipinski definition) is 2. The van der Waals surface area contributed by atoms with Gasteiger partial charge in [-0.2, -0.15) is 5.10 Å². The molecule has 0 aliphatic heterocycles. The van der Waals surface area contributed by atoms with Crippen molar-refractivity contribution < 1.29 is 23.5 Å². The van der Waals surface area contributed by atoms with E-state index in [1.165, 1.54) is 12.5 Å². The number of aromatic nitrogens is 3. The molecule has 2 amide bonds. The lowest BCUT2D eigenvalue weighted by Crippen LogP contribution is -2.42. The number of hydrogen-bond acceptors (Lipinski definition) is 7. The van der Waals surface area contributed by atoms with Crippen molar-refractivity contribution in [1.29, 1.82) is 0 Å². The van der Waals surface area contributed by atoms with Gasteiger partial charge in [0.2, 0.25) is 11.8 Å². The fraction of sp³-hybridized carbons (Fsp3) is 0.481. The van der Waals surface area contributed by atoms with Crippen molar-refractivity contribution in [2.45, 2.75) is 59.7 Å². The lowest BCUT2D eigenvalue weighted by atomic mass is 10.00. The second-order valence-corrected chi connectivity index (χ2v) is 9.61. The molecule has 3 rings (SSSR count). The van der Waals surface area contributed by atoms with Gasteiger partial charge in [-0.1, -0.05) is 33.8 Å². The molecular weight excluding hydrogens is 474 g/mol. The summed E-state index contributed by atoms with van der Waals surface area (Å²) in [4.78, 5) is 29.9. The third-order valence-corrected chi connectivity index (χ3v) is 6.45. The molecule has 0 aliphatic carbocycles. The van der Waals surface area contributed by atoms with Crippen molar-refractivity contribution >= 4 is 11.8 Å². The van der Waals surface area contributed by atoms with Gasteiger partial charge in [-0.25, -0.2) is 4.98 Å². The van der Waals surface area contributed by atoms with Gasteiger partial charge in [-0.05, 0) is 37.0 Å². The Kier molecular flexibility index (Phi) is 9.32. The summed E-state index contributed by atoms with van der Waals surface area (Å²) in [5.41, 5.74) is 1.68. The quantitative estimate of drug-likeness (QED) is 0.373. The molecule has 2 heterocycles. The Morgan fingerprint density at radius 3 is 2.27 bits per heavy atom. The highest BCUT2D eigenvalue weighted by molar-refractivity contribution is 5.94. The van der Waals surface area contributed by atoms with E-state index in [2.05, 4.69) is 36.4 Å². The van der Waals surface area contributed by atoms with Crippen molar-refractivity contribution in [2.24, 2.45) is 11.8 Å². The van der Waals surface area contributed by atoms with E-state index in [-0.39, 0.29) is 48.4 Å². The molecule has 10 nitrogen and oxygen atoms in total. The number of oxazole rings is 1. The van der Waals surface area contributed by atoms with Gasteiger partial charge in [0, 0.05) is 12.5 Å². The number of carbonyl (C=O) groups excluding carboxylic acids is 2. The summed E-state index contributed by atoms with van der Waals surface area (Å²) in [6.45, 7) is 10.3. The van der Waals surface area contributed by atoms with Crippen LogP contribution in [0.25, 0.3) is 11.3 Å². The van der Waals surface area contributed by atoms with Gasteiger partial charge in [0.25, 0.3) is 5.91 Å². The minimum atomic E-state index is -0.394. The predicted octanol–water partition coefficient (Wildman–Crippen LogP) is 4.23. The number of methoxy groups -OCH3 is 2. The first-order chi connectivity index (χ1) is 17.7. The maximum atomic E-state index is 13.4. The summed E-state index contributed by atoms with van der Waals surface area (Å²) in [6, 6.07) is 6.89. The van der Waals surface area contributed by atoms with Crippen LogP contribution in [0.1, 0.15) is 63.5 Å². The highest BCUT2D eigenvalue weighted by atomic mass is 16.5. The van der Waals surface area contributed by atoms with Crippen molar-refractivity contribution in [3.63, 3.8) is 0 Å². The van der Waals surface area contributed by atoms with Crippen LogP contribution < -0.4 is 20.1 Å². The molecule has 0 fully saturated rings. The fourth-order valence-electron chi connectivity index (χ4n) is 3.87. The van der Waals surface area contributed by atoms with Crippen LogP contribution >= 0.6 is 0 Å². The summed E-state index contributed by atoms with van der Waals surface area (Å²) in [6.07, 6.45) is 3.08. The zero-order chi connectivity index (χ0) is 27.1. The maximum Gasteiger partial charge on any atom is 0.272 e. The van der Waals surface area contributed by atoms with Crippen LogP contribution in [0.4, 0.5) is 0 Å². The van der Waals surface area contributed by atoms with Gasteiger partial charge in [0.15, 0.2) is 5.69 Å². The van der Waals surface area contributed by atoms with Crippen molar-refractivity contribution in [2.75, 3.05) is 14.2 Å². The zero-order valence-electron chi connectivity index (χ0n) is 22.6. The largest absolute Gasteiger partial charge is 0.496 e. The lowest BCUT2D eigenvalue weighted by Gasteiger charge is -2.22. The van der Waals surface area contributed by atoms with E-state index < -0.39 is 6.04 Å². The number of rotatable bonds is 12. The highest BCUT2D eigenvalue weighted by Crippen LogP contribution is 2.40. The molecule has 2 unspecified atom stereocenters. The second kappa shape index (κ2) is 12.4. The Balaban J connectivity index is 1.87. The first kappa shape index (κ1) is 27.8. The molecule has 0 saturated carbocycles. The Bertz CT molecular complexity index is 1160. The van der Waals surface area contributed by atoms with Gasteiger partial charge in [0.1, 0.15) is 17.8 Å². The minimum Gasteiger partial charge on any atom is -0.496 e. The molecular formula is C27H37N5O5. The SMILES string of the molecule is COc1cccc(OC)c1-c1cc(C(=O)NC(CC(=O)NCc2ncco2)C(C)C)nn1C(C)C(C)C. The lowest BCUT2D eigenvalue weighted by molar-refractivity contribution is -0.122. The van der Waals surface area contributed by atoms with Gasteiger partial charge in [-0.3, -0.25) is 14.3 Å². The Morgan fingerprint density at radius 2 is 1.73 bits per heavy atom. The number of benzene rings is 1. The second-order valence-electron chi connectivity index (χ2n) is 9.61. The van der Waals surface area contributed by atoms with E-state index in [4.69, 9.17) is 19.0 Å². The summed E-state index contributed by atoms with van der Waals surface area (Å²) in [5, 5.41) is 10.5. The first-order valence-corrected chi connectivity index (χ1v) is 12.4. The van der Waals surface area contributed by atoms with E-state index in [0.717, 1.165) is 5.56 Å². The average molecular weight is 512 g/mol. The van der Waals surface area contributed by atoms with Gasteiger partial charge in [-0.15, -0.1) is 0 Å². The Hall–Kier alpha value is -3.82. The Morgan fingerprint density at radius 1 is 1.05 bits per heavy atom. The molecule has 3 aromatic rings. The predicted molar refractivity (Wildman–Crippen MR) is 139 cm³/mol. The van der Waals surface area contributed by atoms with E-state index in [1.807, 2.05) is 36.7 Å². The van der Waals surface area contributed by atoms with Crippen LogP contribution in [0, 0.1) is 11.8 Å². The van der Waals surface area contributed by atoms with Gasteiger partial charge >= 0.3 is 0 Å². The monoisotopic (exact) mass is 511 g/mol. The van der Waals surface area contributed by atoms with Gasteiger partial charge in [0.05, 0.1) is 44.3 Å². The van der Waals surface area contributed by atoms with E-state index in [0.29, 0.717) is 23.1 Å². The zero-order valence-corrected chi connectivity index (χ0v) is 22.6. The molecule has 0 radical (unpaired) electrons. The third kappa shape index (κ3) is 6.69. The topological polar surface area (TPSA) is 121 Å².